The minimum absolute atomic E-state index is 0.120. The Morgan fingerprint density at radius 2 is 2.00 bits per heavy atom. The first-order chi connectivity index (χ1) is 9.22. The van der Waals surface area contributed by atoms with Crippen LogP contribution in [0.2, 0.25) is 0 Å². The van der Waals surface area contributed by atoms with E-state index in [1.807, 2.05) is 48.5 Å². The molecule has 0 fully saturated rings. The molecule has 3 nitrogen and oxygen atoms in total. The van der Waals surface area contributed by atoms with E-state index in [9.17, 15) is 0 Å². The fraction of sp³-hybridized carbons (Fsp3) is 0.133. The van der Waals surface area contributed by atoms with Crippen LogP contribution in [0.4, 0.5) is 0 Å². The van der Waals surface area contributed by atoms with Gasteiger partial charge in [0.2, 0.25) is 0 Å². The molecule has 3 aromatic rings. The van der Waals surface area contributed by atoms with Crippen LogP contribution in [0.25, 0.3) is 11.1 Å². The minimum Gasteiger partial charge on any atom is -0.441 e. The number of hydrogen-bond donors (Lipinski definition) is 1. The number of hydrogen-bond acceptors (Lipinski definition) is 3. The van der Waals surface area contributed by atoms with Gasteiger partial charge in [-0.15, -0.1) is 0 Å². The van der Waals surface area contributed by atoms with Gasteiger partial charge < -0.3 is 10.2 Å². The highest BCUT2D eigenvalue weighted by molar-refractivity contribution is 9.10. The summed E-state index contributed by atoms with van der Waals surface area (Å²) in [7, 11) is 0. The van der Waals surface area contributed by atoms with Gasteiger partial charge >= 0.3 is 0 Å². The second kappa shape index (κ2) is 5.15. The largest absolute Gasteiger partial charge is 0.441 e. The first-order valence-corrected chi connectivity index (χ1v) is 6.87. The monoisotopic (exact) mass is 316 g/mol. The van der Waals surface area contributed by atoms with Crippen molar-refractivity contribution in [1.29, 1.82) is 0 Å². The lowest BCUT2D eigenvalue weighted by Gasteiger charge is -2.09. The van der Waals surface area contributed by atoms with Gasteiger partial charge in [-0.05, 0) is 29.8 Å². The molecule has 0 aliphatic rings. The Labute approximate surface area is 119 Å². The molecule has 0 amide bonds. The molecule has 1 atom stereocenters. The Bertz CT molecular complexity index is 675. The van der Waals surface area contributed by atoms with Crippen LogP contribution in [0.3, 0.4) is 0 Å². The second-order valence-electron chi connectivity index (χ2n) is 4.44. The van der Waals surface area contributed by atoms with Gasteiger partial charge in [-0.2, -0.15) is 0 Å². The van der Waals surface area contributed by atoms with Crippen molar-refractivity contribution >= 4 is 27.0 Å². The summed E-state index contributed by atoms with van der Waals surface area (Å²) in [5.74, 6) is 0.675. The third-order valence-electron chi connectivity index (χ3n) is 3.01. The molecule has 96 valence electrons. The lowest BCUT2D eigenvalue weighted by Crippen LogP contribution is -2.13. The van der Waals surface area contributed by atoms with Crippen molar-refractivity contribution in [3.63, 3.8) is 0 Å². The van der Waals surface area contributed by atoms with Gasteiger partial charge in [-0.25, -0.2) is 4.98 Å². The number of halogens is 1. The first kappa shape index (κ1) is 12.4. The van der Waals surface area contributed by atoms with Crippen molar-refractivity contribution in [2.45, 2.75) is 12.5 Å². The van der Waals surface area contributed by atoms with Crippen molar-refractivity contribution in [3.8, 4) is 0 Å². The van der Waals surface area contributed by atoms with Crippen molar-refractivity contribution in [1.82, 2.24) is 4.98 Å². The molecule has 19 heavy (non-hydrogen) atoms. The van der Waals surface area contributed by atoms with E-state index in [2.05, 4.69) is 20.9 Å². The number of benzene rings is 2. The van der Waals surface area contributed by atoms with Gasteiger partial charge in [0.1, 0.15) is 5.52 Å². The second-order valence-corrected chi connectivity index (χ2v) is 5.36. The molecule has 1 heterocycles. The third kappa shape index (κ3) is 2.69. The Hall–Kier alpha value is -1.65. The number of aromatic nitrogens is 1. The number of para-hydroxylation sites is 2. The van der Waals surface area contributed by atoms with Crippen LogP contribution in [-0.2, 0) is 6.42 Å². The molecular formula is C15H13BrN2O. The molecule has 0 aliphatic heterocycles. The van der Waals surface area contributed by atoms with E-state index in [0.29, 0.717) is 12.3 Å². The zero-order chi connectivity index (χ0) is 13.2. The van der Waals surface area contributed by atoms with Crippen LogP contribution in [0.1, 0.15) is 17.5 Å². The first-order valence-electron chi connectivity index (χ1n) is 6.08. The quantitative estimate of drug-likeness (QED) is 0.798. The van der Waals surface area contributed by atoms with E-state index in [1.165, 1.54) is 0 Å². The summed E-state index contributed by atoms with van der Waals surface area (Å²) < 4.78 is 6.71. The molecule has 0 radical (unpaired) electrons. The maximum absolute atomic E-state index is 6.20. The van der Waals surface area contributed by atoms with Crippen LogP contribution in [0.15, 0.2) is 57.4 Å². The zero-order valence-corrected chi connectivity index (χ0v) is 11.8. The van der Waals surface area contributed by atoms with Crippen LogP contribution < -0.4 is 5.73 Å². The summed E-state index contributed by atoms with van der Waals surface area (Å²) in [6.45, 7) is 0. The van der Waals surface area contributed by atoms with Crippen LogP contribution in [0.5, 0.6) is 0 Å². The zero-order valence-electron chi connectivity index (χ0n) is 10.2. The molecule has 3 rings (SSSR count). The highest BCUT2D eigenvalue weighted by Crippen LogP contribution is 2.22. The highest BCUT2D eigenvalue weighted by Gasteiger charge is 2.12. The average molecular weight is 317 g/mol. The van der Waals surface area contributed by atoms with Gasteiger partial charge in [0, 0.05) is 16.9 Å². The summed E-state index contributed by atoms with van der Waals surface area (Å²) in [5, 5.41) is 0. The summed E-state index contributed by atoms with van der Waals surface area (Å²) >= 11 is 3.45. The van der Waals surface area contributed by atoms with Gasteiger partial charge in [-0.1, -0.05) is 40.2 Å². The van der Waals surface area contributed by atoms with Gasteiger partial charge in [0.25, 0.3) is 0 Å². The molecule has 0 saturated carbocycles. The van der Waals surface area contributed by atoms with E-state index >= 15 is 0 Å². The van der Waals surface area contributed by atoms with Crippen molar-refractivity contribution in [3.05, 3.63) is 64.5 Å². The summed E-state index contributed by atoms with van der Waals surface area (Å²) in [6, 6.07) is 15.6. The Kier molecular flexibility index (Phi) is 3.36. The predicted molar refractivity (Wildman–Crippen MR) is 78.8 cm³/mol. The molecule has 0 saturated heterocycles. The molecule has 0 aliphatic carbocycles. The van der Waals surface area contributed by atoms with Crippen LogP contribution >= 0.6 is 15.9 Å². The number of rotatable bonds is 3. The van der Waals surface area contributed by atoms with Crippen molar-refractivity contribution in [2.24, 2.45) is 5.73 Å². The Morgan fingerprint density at radius 3 is 2.79 bits per heavy atom. The standard InChI is InChI=1S/C15H13BrN2O/c16-11-5-3-4-10(8-11)12(17)9-15-18-13-6-1-2-7-14(13)19-15/h1-8,12H,9,17H2. The fourth-order valence-corrected chi connectivity index (χ4v) is 2.47. The SMILES string of the molecule is NC(Cc1nc2ccccc2o1)c1cccc(Br)c1. The van der Waals surface area contributed by atoms with Gasteiger partial charge in [0.05, 0.1) is 0 Å². The molecular weight excluding hydrogens is 304 g/mol. The van der Waals surface area contributed by atoms with E-state index in [4.69, 9.17) is 10.2 Å². The van der Waals surface area contributed by atoms with Crippen molar-refractivity contribution in [2.75, 3.05) is 0 Å². The summed E-state index contributed by atoms with van der Waals surface area (Å²) in [4.78, 5) is 4.44. The minimum atomic E-state index is -0.120. The fourth-order valence-electron chi connectivity index (χ4n) is 2.05. The molecule has 2 aromatic carbocycles. The Balaban J connectivity index is 1.84. The maximum Gasteiger partial charge on any atom is 0.197 e. The number of nitrogens with two attached hydrogens (primary N) is 1. The van der Waals surface area contributed by atoms with E-state index in [-0.39, 0.29) is 6.04 Å². The van der Waals surface area contributed by atoms with E-state index in [1.54, 1.807) is 0 Å². The lowest BCUT2D eigenvalue weighted by molar-refractivity contribution is 0.502. The topological polar surface area (TPSA) is 52.0 Å². The van der Waals surface area contributed by atoms with Crippen LogP contribution in [-0.4, -0.2) is 4.98 Å². The number of fused-ring (bicyclic) bond motifs is 1. The molecule has 1 aromatic heterocycles. The highest BCUT2D eigenvalue weighted by atomic mass is 79.9. The van der Waals surface area contributed by atoms with E-state index in [0.717, 1.165) is 21.1 Å². The summed E-state index contributed by atoms with van der Waals surface area (Å²) in [5.41, 5.74) is 8.94. The predicted octanol–water partition coefficient (Wildman–Crippen LogP) is 3.83. The third-order valence-corrected chi connectivity index (χ3v) is 3.50. The molecule has 1 unspecified atom stereocenters. The maximum atomic E-state index is 6.20. The van der Waals surface area contributed by atoms with Gasteiger partial charge in [0.15, 0.2) is 11.5 Å². The molecule has 4 heteroatoms. The van der Waals surface area contributed by atoms with E-state index < -0.39 is 0 Å². The smallest absolute Gasteiger partial charge is 0.197 e. The van der Waals surface area contributed by atoms with Gasteiger partial charge in [-0.3, -0.25) is 0 Å². The molecule has 0 bridgehead atoms. The number of oxazole rings is 1. The Morgan fingerprint density at radius 1 is 1.16 bits per heavy atom. The normalized spacial score (nSPS) is 12.7. The average Bonchev–Trinajstić information content (AvgIpc) is 2.80. The number of nitrogens with zero attached hydrogens (tertiary/aromatic N) is 1. The van der Waals surface area contributed by atoms with Crippen molar-refractivity contribution < 1.29 is 4.42 Å². The molecule has 0 spiro atoms. The summed E-state index contributed by atoms with van der Waals surface area (Å²) in [6.07, 6.45) is 0.588. The molecule has 2 N–H and O–H groups in total. The lowest BCUT2D eigenvalue weighted by atomic mass is 10.1. The van der Waals surface area contributed by atoms with Crippen LogP contribution in [0, 0.1) is 0 Å².